The first-order valence-electron chi connectivity index (χ1n) is 6.89. The number of likely N-dealkylation sites (tertiary alicyclic amines) is 1. The lowest BCUT2D eigenvalue weighted by atomic mass is 10.1. The first-order valence-corrected chi connectivity index (χ1v) is 6.89. The van der Waals surface area contributed by atoms with Gasteiger partial charge in [-0.1, -0.05) is 12.1 Å². The molecule has 0 bridgehead atoms. The molecule has 112 valence electrons. The van der Waals surface area contributed by atoms with Crippen LogP contribution in [0.1, 0.15) is 30.4 Å². The fourth-order valence-electron chi connectivity index (χ4n) is 2.37. The predicted octanol–water partition coefficient (Wildman–Crippen LogP) is 2.92. The first-order chi connectivity index (χ1) is 9.20. The van der Waals surface area contributed by atoms with E-state index in [1.54, 1.807) is 7.11 Å². The topological polar surface area (TPSA) is 50.9 Å². The molecule has 1 aromatic rings. The minimum atomic E-state index is 0. The number of methoxy groups -OCH3 is 1. The Morgan fingerprint density at radius 1 is 1.30 bits per heavy atom. The minimum absolute atomic E-state index is 0. The Morgan fingerprint density at radius 2 is 2.00 bits per heavy atom. The average Bonchev–Trinajstić information content (AvgIpc) is 2.46. The number of aryl methyl sites for hydroxylation is 1. The van der Waals surface area contributed by atoms with E-state index in [-0.39, 0.29) is 24.0 Å². The van der Waals surface area contributed by atoms with Gasteiger partial charge in [0.25, 0.3) is 0 Å². The number of ether oxygens (including phenoxy) is 1. The summed E-state index contributed by atoms with van der Waals surface area (Å²) in [6.45, 7) is 4.68. The summed E-state index contributed by atoms with van der Waals surface area (Å²) >= 11 is 0. The van der Waals surface area contributed by atoms with Gasteiger partial charge in [-0.2, -0.15) is 0 Å². The van der Waals surface area contributed by atoms with Gasteiger partial charge >= 0.3 is 0 Å². The Balaban J connectivity index is 0.00000200. The van der Waals surface area contributed by atoms with Gasteiger partial charge < -0.3 is 15.4 Å². The molecule has 1 aliphatic rings. The van der Waals surface area contributed by atoms with Gasteiger partial charge in [0, 0.05) is 18.7 Å². The van der Waals surface area contributed by atoms with E-state index in [0.29, 0.717) is 12.5 Å². The number of nitrogens with two attached hydrogens (primary N) is 1. The maximum Gasteiger partial charge on any atom is 0.191 e. The van der Waals surface area contributed by atoms with Crippen molar-refractivity contribution in [2.45, 2.75) is 32.7 Å². The summed E-state index contributed by atoms with van der Waals surface area (Å²) in [7, 11) is 1.69. The van der Waals surface area contributed by atoms with Crippen molar-refractivity contribution in [1.82, 2.24) is 4.90 Å². The van der Waals surface area contributed by atoms with Crippen LogP contribution in [0.15, 0.2) is 23.2 Å². The van der Waals surface area contributed by atoms with E-state index in [1.165, 1.54) is 24.8 Å². The Hall–Kier alpha value is -0.980. The number of piperidine rings is 1. The van der Waals surface area contributed by atoms with Crippen LogP contribution >= 0.6 is 24.0 Å². The highest BCUT2D eigenvalue weighted by Gasteiger charge is 2.12. The summed E-state index contributed by atoms with van der Waals surface area (Å²) < 4.78 is 5.38. The molecule has 1 heterocycles. The number of nitrogens with zero attached hydrogens (tertiary/aromatic N) is 2. The Bertz CT molecular complexity index is 456. The van der Waals surface area contributed by atoms with Crippen LogP contribution in [0.25, 0.3) is 0 Å². The van der Waals surface area contributed by atoms with Crippen molar-refractivity contribution >= 4 is 29.9 Å². The van der Waals surface area contributed by atoms with E-state index >= 15 is 0 Å². The number of halogens is 1. The zero-order valence-corrected chi connectivity index (χ0v) is 14.6. The molecule has 0 amide bonds. The molecule has 4 nitrogen and oxygen atoms in total. The van der Waals surface area contributed by atoms with Crippen LogP contribution in [0, 0.1) is 6.92 Å². The molecule has 1 saturated heterocycles. The Labute approximate surface area is 138 Å². The number of hydrogen-bond donors (Lipinski definition) is 1. The lowest BCUT2D eigenvalue weighted by Gasteiger charge is -2.27. The fourth-order valence-corrected chi connectivity index (χ4v) is 2.37. The van der Waals surface area contributed by atoms with Gasteiger partial charge in [-0.25, -0.2) is 4.99 Å². The quantitative estimate of drug-likeness (QED) is 0.492. The highest BCUT2D eigenvalue weighted by Crippen LogP contribution is 2.20. The van der Waals surface area contributed by atoms with E-state index in [0.717, 1.165) is 24.4 Å². The van der Waals surface area contributed by atoms with E-state index in [9.17, 15) is 0 Å². The molecule has 0 unspecified atom stereocenters. The number of aliphatic imine (C=N–C) groups is 1. The molecule has 1 aromatic carbocycles. The number of hydrogen-bond acceptors (Lipinski definition) is 2. The average molecular weight is 389 g/mol. The number of benzene rings is 1. The maximum atomic E-state index is 6.05. The molecule has 1 aliphatic heterocycles. The third kappa shape index (κ3) is 4.54. The molecule has 0 radical (unpaired) electrons. The molecule has 2 N–H and O–H groups in total. The summed E-state index contributed by atoms with van der Waals surface area (Å²) in [4.78, 5) is 6.67. The van der Waals surface area contributed by atoms with E-state index < -0.39 is 0 Å². The van der Waals surface area contributed by atoms with Crippen molar-refractivity contribution < 1.29 is 4.74 Å². The molecule has 1 fully saturated rings. The van der Waals surface area contributed by atoms with Crippen molar-refractivity contribution in [3.63, 3.8) is 0 Å². The molecule has 0 aromatic heterocycles. The molecule has 2 rings (SSSR count). The highest BCUT2D eigenvalue weighted by atomic mass is 127. The molecule has 0 aliphatic carbocycles. The molecule has 0 spiro atoms. The Morgan fingerprint density at radius 3 is 2.65 bits per heavy atom. The fraction of sp³-hybridized carbons (Fsp3) is 0.533. The minimum Gasteiger partial charge on any atom is -0.496 e. The second-order valence-electron chi connectivity index (χ2n) is 5.04. The SMILES string of the molecule is COc1cc(C)ccc1CN=C(N)N1CCCCC1.I. The second-order valence-corrected chi connectivity index (χ2v) is 5.04. The van der Waals surface area contributed by atoms with E-state index in [2.05, 4.69) is 28.9 Å². The lowest BCUT2D eigenvalue weighted by Crippen LogP contribution is -2.40. The van der Waals surface area contributed by atoms with Crippen LogP contribution in [0.5, 0.6) is 5.75 Å². The zero-order chi connectivity index (χ0) is 13.7. The molecular formula is C15H24IN3O. The van der Waals surface area contributed by atoms with Gasteiger partial charge in [-0.3, -0.25) is 0 Å². The van der Waals surface area contributed by atoms with Crippen LogP contribution in [0.4, 0.5) is 0 Å². The van der Waals surface area contributed by atoms with Gasteiger partial charge in [0.05, 0.1) is 13.7 Å². The predicted molar refractivity (Wildman–Crippen MR) is 93.9 cm³/mol. The largest absolute Gasteiger partial charge is 0.496 e. The summed E-state index contributed by atoms with van der Waals surface area (Å²) in [5, 5.41) is 0. The van der Waals surface area contributed by atoms with Crippen LogP contribution < -0.4 is 10.5 Å². The summed E-state index contributed by atoms with van der Waals surface area (Å²) in [5.41, 5.74) is 8.32. The highest BCUT2D eigenvalue weighted by molar-refractivity contribution is 14.0. The van der Waals surface area contributed by atoms with Gasteiger partial charge in [-0.15, -0.1) is 24.0 Å². The van der Waals surface area contributed by atoms with Crippen LogP contribution in [0.2, 0.25) is 0 Å². The van der Waals surface area contributed by atoms with Crippen molar-refractivity contribution in [1.29, 1.82) is 0 Å². The summed E-state index contributed by atoms with van der Waals surface area (Å²) in [6.07, 6.45) is 3.73. The number of guanidine groups is 1. The lowest BCUT2D eigenvalue weighted by molar-refractivity contribution is 0.338. The van der Waals surface area contributed by atoms with Crippen molar-refractivity contribution in [2.75, 3.05) is 20.2 Å². The monoisotopic (exact) mass is 389 g/mol. The summed E-state index contributed by atoms with van der Waals surface area (Å²) in [6, 6.07) is 6.16. The van der Waals surface area contributed by atoms with Crippen LogP contribution in [0.3, 0.4) is 0 Å². The molecule has 0 atom stereocenters. The number of rotatable bonds is 3. The third-order valence-corrected chi connectivity index (χ3v) is 3.53. The van der Waals surface area contributed by atoms with Crippen LogP contribution in [-0.4, -0.2) is 31.1 Å². The third-order valence-electron chi connectivity index (χ3n) is 3.53. The van der Waals surface area contributed by atoms with Crippen molar-refractivity contribution in [3.8, 4) is 5.75 Å². The molecular weight excluding hydrogens is 365 g/mol. The van der Waals surface area contributed by atoms with Gasteiger partial charge in [0.2, 0.25) is 0 Å². The Kier molecular flexibility index (Phi) is 7.12. The van der Waals surface area contributed by atoms with Crippen LogP contribution in [-0.2, 0) is 6.54 Å². The normalized spacial score (nSPS) is 15.7. The van der Waals surface area contributed by atoms with E-state index in [1.807, 2.05) is 6.07 Å². The molecule has 20 heavy (non-hydrogen) atoms. The maximum absolute atomic E-state index is 6.05. The van der Waals surface area contributed by atoms with Crippen molar-refractivity contribution in [3.05, 3.63) is 29.3 Å². The van der Waals surface area contributed by atoms with Gasteiger partial charge in [0.1, 0.15) is 5.75 Å². The van der Waals surface area contributed by atoms with Gasteiger partial charge in [0.15, 0.2) is 5.96 Å². The van der Waals surface area contributed by atoms with E-state index in [4.69, 9.17) is 10.5 Å². The second kappa shape index (κ2) is 8.34. The smallest absolute Gasteiger partial charge is 0.191 e. The van der Waals surface area contributed by atoms with Crippen molar-refractivity contribution in [2.24, 2.45) is 10.7 Å². The zero-order valence-electron chi connectivity index (χ0n) is 12.3. The molecule has 5 heteroatoms. The molecule has 0 saturated carbocycles. The van der Waals surface area contributed by atoms with Gasteiger partial charge in [-0.05, 0) is 37.8 Å². The standard InChI is InChI=1S/C15H23N3O.HI/c1-12-6-7-13(14(10-12)19-2)11-17-15(16)18-8-4-3-5-9-18;/h6-7,10H,3-5,8-9,11H2,1-2H3,(H2,16,17);1H. The summed E-state index contributed by atoms with van der Waals surface area (Å²) in [5.74, 6) is 1.54. The first kappa shape index (κ1) is 17.1.